The second-order valence-electron chi connectivity index (χ2n) is 5.49. The molecule has 96 valence electrons. The van der Waals surface area contributed by atoms with Crippen molar-refractivity contribution >= 4 is 33.7 Å². The largest absolute Gasteiger partial charge is 0.284 e. The van der Waals surface area contributed by atoms with E-state index in [1.807, 2.05) is 0 Å². The Morgan fingerprint density at radius 1 is 1.28 bits per heavy atom. The van der Waals surface area contributed by atoms with E-state index in [4.69, 9.17) is 11.6 Å². The van der Waals surface area contributed by atoms with Crippen LogP contribution in [0.1, 0.15) is 37.2 Å². The molecule has 1 aliphatic carbocycles. The van der Waals surface area contributed by atoms with Crippen LogP contribution in [0.25, 0.3) is 0 Å². The number of carbonyl (C=O) groups is 1. The zero-order valence-electron chi connectivity index (χ0n) is 10.0. The van der Waals surface area contributed by atoms with Gasteiger partial charge in [-0.25, -0.2) is 3.93 Å². The van der Waals surface area contributed by atoms with Gasteiger partial charge >= 0.3 is 0 Å². The molecule has 1 amide bonds. The molecule has 1 aromatic heterocycles. The number of hydrogen-bond donors (Lipinski definition) is 0. The fraction of sp³-hybridized carbons (Fsp3) is 0.500. The van der Waals surface area contributed by atoms with Crippen molar-refractivity contribution in [2.45, 2.75) is 32.4 Å². The van der Waals surface area contributed by atoms with Crippen molar-refractivity contribution < 1.29 is 4.79 Å². The lowest BCUT2D eigenvalue weighted by molar-refractivity contribution is -0.0897. The Morgan fingerprint density at radius 2 is 1.94 bits per heavy atom. The van der Waals surface area contributed by atoms with Gasteiger partial charge in [-0.2, -0.15) is 0 Å². The van der Waals surface area contributed by atoms with Crippen molar-refractivity contribution in [1.29, 1.82) is 0 Å². The lowest BCUT2D eigenvalue weighted by atomic mass is 9.62. The van der Waals surface area contributed by atoms with Gasteiger partial charge in [0, 0.05) is 11.5 Å². The summed E-state index contributed by atoms with van der Waals surface area (Å²) in [5.74, 6) is -0.245. The maximum atomic E-state index is 12.3. The van der Waals surface area contributed by atoms with E-state index in [9.17, 15) is 9.59 Å². The summed E-state index contributed by atoms with van der Waals surface area (Å²) in [5.41, 5.74) is -0.681. The Balaban J connectivity index is 2.39. The molecule has 1 spiro atoms. The van der Waals surface area contributed by atoms with Crippen molar-refractivity contribution in [3.8, 4) is 0 Å². The summed E-state index contributed by atoms with van der Waals surface area (Å²) in [5, 5.41) is 0.323. The van der Waals surface area contributed by atoms with Crippen LogP contribution in [0.3, 0.4) is 0 Å². The van der Waals surface area contributed by atoms with Crippen LogP contribution in [0.15, 0.2) is 16.9 Å². The third-order valence-corrected chi connectivity index (χ3v) is 5.51. The summed E-state index contributed by atoms with van der Waals surface area (Å²) in [4.78, 5) is 24.5. The monoisotopic (exact) mass is 330 g/mol. The van der Waals surface area contributed by atoms with Gasteiger partial charge in [-0.3, -0.25) is 14.2 Å². The second kappa shape index (κ2) is 3.39. The number of halogens is 2. The van der Waals surface area contributed by atoms with Gasteiger partial charge in [0.05, 0.1) is 21.2 Å². The van der Waals surface area contributed by atoms with E-state index in [1.165, 1.54) is 16.1 Å². The molecule has 6 heteroatoms. The van der Waals surface area contributed by atoms with E-state index < -0.39 is 5.66 Å². The lowest BCUT2D eigenvalue weighted by Crippen LogP contribution is -2.62. The molecule has 1 fully saturated rings. The molecule has 1 atom stereocenters. The smallest absolute Gasteiger partial charge is 0.277 e. The first kappa shape index (κ1) is 12.2. The minimum atomic E-state index is -0.624. The third-order valence-electron chi connectivity index (χ3n) is 4.30. The van der Waals surface area contributed by atoms with Crippen molar-refractivity contribution in [2.24, 2.45) is 5.41 Å². The minimum Gasteiger partial charge on any atom is -0.277 e. The Morgan fingerprint density at radius 3 is 2.44 bits per heavy atom. The van der Waals surface area contributed by atoms with Crippen molar-refractivity contribution in [3.05, 3.63) is 33.2 Å². The first-order chi connectivity index (χ1) is 8.33. The van der Waals surface area contributed by atoms with E-state index in [1.54, 1.807) is 4.57 Å². The fourth-order valence-corrected chi connectivity index (χ4v) is 4.27. The van der Waals surface area contributed by atoms with Gasteiger partial charge in [-0.15, -0.1) is 0 Å². The Kier molecular flexibility index (Phi) is 2.31. The van der Waals surface area contributed by atoms with Crippen LogP contribution in [0.5, 0.6) is 0 Å². The van der Waals surface area contributed by atoms with E-state index in [0.717, 1.165) is 12.8 Å². The lowest BCUT2D eigenvalue weighted by Gasteiger charge is -2.56. The number of rotatable bonds is 0. The van der Waals surface area contributed by atoms with Crippen LogP contribution in [0, 0.1) is 5.41 Å². The second-order valence-corrected chi connectivity index (χ2v) is 6.61. The molecular weight excluding hydrogens is 320 g/mol. The number of nitrogens with zero attached hydrogens (tertiary/aromatic N) is 2. The van der Waals surface area contributed by atoms with Crippen molar-refractivity contribution in [1.82, 2.24) is 8.49 Å². The van der Waals surface area contributed by atoms with Crippen molar-refractivity contribution in [2.75, 3.05) is 0 Å². The van der Waals surface area contributed by atoms with Crippen LogP contribution in [-0.4, -0.2) is 14.4 Å². The first-order valence-electron chi connectivity index (χ1n) is 5.75. The highest BCUT2D eigenvalue weighted by Gasteiger charge is 2.64. The summed E-state index contributed by atoms with van der Waals surface area (Å²) in [6.07, 6.45) is 1.71. The molecular formula is C12H12BrClN2O2. The summed E-state index contributed by atoms with van der Waals surface area (Å²) >= 11 is 9.40. The summed E-state index contributed by atoms with van der Waals surface area (Å²) < 4.78 is 3.04. The van der Waals surface area contributed by atoms with Crippen LogP contribution < -0.4 is 5.56 Å². The quantitative estimate of drug-likeness (QED) is 0.686. The van der Waals surface area contributed by atoms with Crippen LogP contribution in [0.4, 0.5) is 0 Å². The molecule has 0 aromatic carbocycles. The van der Waals surface area contributed by atoms with Crippen LogP contribution in [0.2, 0.25) is 5.02 Å². The van der Waals surface area contributed by atoms with Gasteiger partial charge in [0.25, 0.3) is 11.5 Å². The number of pyridine rings is 1. The van der Waals surface area contributed by atoms with E-state index in [0.29, 0.717) is 5.02 Å². The highest BCUT2D eigenvalue weighted by Crippen LogP contribution is 2.60. The molecule has 0 bridgehead atoms. The van der Waals surface area contributed by atoms with Crippen molar-refractivity contribution in [3.63, 3.8) is 0 Å². The zero-order valence-corrected chi connectivity index (χ0v) is 12.4. The number of amides is 1. The van der Waals surface area contributed by atoms with Gasteiger partial charge < -0.3 is 0 Å². The third kappa shape index (κ3) is 1.12. The predicted molar refractivity (Wildman–Crippen MR) is 71.8 cm³/mol. The number of carbonyl (C=O) groups excluding carboxylic acids is 1. The SMILES string of the molecule is CC1(C)CCC12N(Br)C(=O)c1c(Cl)ccc(=O)n12. The molecule has 4 nitrogen and oxygen atoms in total. The van der Waals surface area contributed by atoms with E-state index in [-0.39, 0.29) is 22.6 Å². The first-order valence-corrected chi connectivity index (χ1v) is 6.84. The molecule has 1 aliphatic heterocycles. The maximum absolute atomic E-state index is 12.3. The molecule has 18 heavy (non-hydrogen) atoms. The number of hydrogen-bond acceptors (Lipinski definition) is 2. The molecule has 2 aliphatic rings. The molecule has 0 radical (unpaired) electrons. The highest BCUT2D eigenvalue weighted by atomic mass is 79.9. The maximum Gasteiger partial charge on any atom is 0.284 e. The van der Waals surface area contributed by atoms with Gasteiger partial charge in [-0.1, -0.05) is 25.4 Å². The molecule has 1 aromatic rings. The molecule has 0 N–H and O–H groups in total. The van der Waals surface area contributed by atoms with Gasteiger partial charge in [-0.05, 0) is 18.9 Å². The number of aromatic nitrogens is 1. The van der Waals surface area contributed by atoms with Gasteiger partial charge in [0.1, 0.15) is 11.4 Å². The standard InChI is InChI=1S/C12H12BrClN2O2/c1-11(2)5-6-12(11)15-8(17)4-3-7(14)9(15)10(18)16(12)13/h3-4H,5-6H2,1-2H3. The van der Waals surface area contributed by atoms with E-state index >= 15 is 0 Å². The predicted octanol–water partition coefficient (Wildman–Crippen LogP) is 2.74. The zero-order chi connectivity index (χ0) is 13.3. The molecule has 1 saturated carbocycles. The van der Waals surface area contributed by atoms with Gasteiger partial charge in [0.15, 0.2) is 0 Å². The summed E-state index contributed by atoms with van der Waals surface area (Å²) in [6.45, 7) is 4.11. The Bertz CT molecular complexity index is 625. The molecule has 2 heterocycles. The van der Waals surface area contributed by atoms with Crippen LogP contribution >= 0.6 is 27.7 Å². The van der Waals surface area contributed by atoms with Gasteiger partial charge in [0.2, 0.25) is 0 Å². The molecule has 3 rings (SSSR count). The average molecular weight is 332 g/mol. The topological polar surface area (TPSA) is 42.3 Å². The Labute approximate surface area is 118 Å². The normalized spacial score (nSPS) is 28.4. The van der Waals surface area contributed by atoms with E-state index in [2.05, 4.69) is 30.0 Å². The number of fused-ring (bicyclic) bond motifs is 2. The minimum absolute atomic E-state index is 0.161. The molecule has 1 unspecified atom stereocenters. The Hall–Kier alpha value is -0.810. The fourth-order valence-electron chi connectivity index (χ4n) is 3.06. The highest BCUT2D eigenvalue weighted by molar-refractivity contribution is 9.07. The van der Waals surface area contributed by atoms with Crippen LogP contribution in [-0.2, 0) is 5.66 Å². The molecule has 0 saturated heterocycles. The average Bonchev–Trinajstić information content (AvgIpc) is 2.56. The summed E-state index contributed by atoms with van der Waals surface area (Å²) in [7, 11) is 0. The summed E-state index contributed by atoms with van der Waals surface area (Å²) in [6, 6.07) is 2.90.